The molecule has 2 rings (SSSR count). The van der Waals surface area contributed by atoms with E-state index in [0.717, 1.165) is 5.56 Å². The van der Waals surface area contributed by atoms with Gasteiger partial charge in [0.05, 0.1) is 18.1 Å². The summed E-state index contributed by atoms with van der Waals surface area (Å²) in [6.07, 6.45) is 3.07. The summed E-state index contributed by atoms with van der Waals surface area (Å²) in [4.78, 5) is 31.1. The fraction of sp³-hybridized carbons (Fsp3) is 0.200. The fourth-order valence-electron chi connectivity index (χ4n) is 1.75. The van der Waals surface area contributed by atoms with E-state index in [-0.39, 0.29) is 11.8 Å². The minimum atomic E-state index is -0.615. The van der Waals surface area contributed by atoms with Gasteiger partial charge in [-0.1, -0.05) is 30.3 Å². The fourth-order valence-corrected chi connectivity index (χ4v) is 1.75. The number of aromatic nitrogens is 2. The third-order valence-corrected chi connectivity index (χ3v) is 2.76. The quantitative estimate of drug-likeness (QED) is 0.893. The Balaban J connectivity index is 2.03. The van der Waals surface area contributed by atoms with Crippen molar-refractivity contribution in [2.24, 2.45) is 0 Å². The van der Waals surface area contributed by atoms with E-state index in [2.05, 4.69) is 20.6 Å². The molecule has 0 radical (unpaired) electrons. The summed E-state index contributed by atoms with van der Waals surface area (Å²) in [7, 11) is 0. The van der Waals surface area contributed by atoms with Gasteiger partial charge in [0.15, 0.2) is 5.82 Å². The van der Waals surface area contributed by atoms with Crippen LogP contribution >= 0.6 is 0 Å². The van der Waals surface area contributed by atoms with Crippen LogP contribution in [0.3, 0.4) is 0 Å². The van der Waals surface area contributed by atoms with Crippen LogP contribution in [0.2, 0.25) is 0 Å². The zero-order chi connectivity index (χ0) is 15.2. The third-order valence-electron chi connectivity index (χ3n) is 2.76. The van der Waals surface area contributed by atoms with E-state index in [1.165, 1.54) is 19.3 Å². The molecule has 0 aliphatic carbocycles. The lowest BCUT2D eigenvalue weighted by Gasteiger charge is -2.12. The molecular formula is C15H16N4O2. The highest BCUT2D eigenvalue weighted by Gasteiger charge is 2.14. The van der Waals surface area contributed by atoms with Crippen molar-refractivity contribution in [2.45, 2.75) is 19.9 Å². The van der Waals surface area contributed by atoms with Crippen LogP contribution in [0.25, 0.3) is 11.4 Å². The summed E-state index contributed by atoms with van der Waals surface area (Å²) in [5, 5.41) is 5.16. The van der Waals surface area contributed by atoms with Crippen LogP contribution in [-0.4, -0.2) is 27.8 Å². The van der Waals surface area contributed by atoms with Crippen molar-refractivity contribution in [1.82, 2.24) is 15.3 Å². The largest absolute Gasteiger partial charge is 0.345 e. The summed E-state index contributed by atoms with van der Waals surface area (Å²) in [6.45, 7) is 2.97. The number of rotatable bonds is 4. The van der Waals surface area contributed by atoms with Gasteiger partial charge in [-0.3, -0.25) is 9.59 Å². The van der Waals surface area contributed by atoms with Gasteiger partial charge in [-0.25, -0.2) is 9.97 Å². The van der Waals surface area contributed by atoms with Crippen molar-refractivity contribution in [1.29, 1.82) is 0 Å². The number of nitrogens with one attached hydrogen (secondary N) is 2. The predicted octanol–water partition coefficient (Wildman–Crippen LogP) is 1.61. The molecular weight excluding hydrogens is 268 g/mol. The van der Waals surface area contributed by atoms with E-state index in [9.17, 15) is 9.59 Å². The van der Waals surface area contributed by atoms with Gasteiger partial charge in [-0.15, -0.1) is 0 Å². The zero-order valence-corrected chi connectivity index (χ0v) is 11.8. The first-order chi connectivity index (χ1) is 10.1. The Morgan fingerprint density at radius 3 is 2.29 bits per heavy atom. The normalized spacial score (nSPS) is 11.5. The smallest absolute Gasteiger partial charge is 0.246 e. The molecule has 2 N–H and O–H groups in total. The number of nitrogens with zero attached hydrogens (tertiary/aromatic N) is 2. The Morgan fingerprint density at radius 2 is 1.71 bits per heavy atom. The lowest BCUT2D eigenvalue weighted by atomic mass is 10.2. The van der Waals surface area contributed by atoms with E-state index in [1.54, 1.807) is 6.92 Å². The molecule has 21 heavy (non-hydrogen) atoms. The molecule has 0 aliphatic heterocycles. The Morgan fingerprint density at radius 1 is 1.10 bits per heavy atom. The number of amides is 2. The van der Waals surface area contributed by atoms with E-state index in [1.807, 2.05) is 30.3 Å². The number of hydrogen-bond donors (Lipinski definition) is 2. The molecule has 0 spiro atoms. The first-order valence-corrected chi connectivity index (χ1v) is 6.51. The van der Waals surface area contributed by atoms with Crippen molar-refractivity contribution in [3.05, 3.63) is 42.7 Å². The zero-order valence-electron chi connectivity index (χ0n) is 11.8. The highest BCUT2D eigenvalue weighted by Crippen LogP contribution is 2.14. The van der Waals surface area contributed by atoms with E-state index in [4.69, 9.17) is 0 Å². The van der Waals surface area contributed by atoms with Crippen LogP contribution in [-0.2, 0) is 9.59 Å². The lowest BCUT2D eigenvalue weighted by molar-refractivity contribution is -0.124. The average molecular weight is 284 g/mol. The van der Waals surface area contributed by atoms with Crippen molar-refractivity contribution < 1.29 is 9.59 Å². The standard InChI is InChI=1S/C15H16N4O2/c1-10(18-11(2)20)15(21)19-13-8-16-14(17-9-13)12-6-4-3-5-7-12/h3-10H,1-2H3,(H,18,20)(H,19,21). The number of carbonyl (C=O) groups excluding carboxylic acids is 2. The van der Waals surface area contributed by atoms with Crippen molar-refractivity contribution >= 4 is 17.5 Å². The molecule has 0 aliphatic rings. The van der Waals surface area contributed by atoms with Crippen molar-refractivity contribution in [3.63, 3.8) is 0 Å². The number of carbonyl (C=O) groups is 2. The minimum Gasteiger partial charge on any atom is -0.345 e. The van der Waals surface area contributed by atoms with E-state index in [0.29, 0.717) is 11.5 Å². The molecule has 0 saturated carbocycles. The maximum Gasteiger partial charge on any atom is 0.246 e. The van der Waals surface area contributed by atoms with Crippen LogP contribution in [0.5, 0.6) is 0 Å². The molecule has 0 bridgehead atoms. The summed E-state index contributed by atoms with van der Waals surface area (Å²) in [5.41, 5.74) is 1.39. The highest BCUT2D eigenvalue weighted by atomic mass is 16.2. The molecule has 1 unspecified atom stereocenters. The summed E-state index contributed by atoms with van der Waals surface area (Å²) in [5.74, 6) is 0.0121. The van der Waals surface area contributed by atoms with Gasteiger partial charge in [0, 0.05) is 12.5 Å². The molecule has 1 atom stereocenters. The predicted molar refractivity (Wildman–Crippen MR) is 79.4 cm³/mol. The third kappa shape index (κ3) is 4.10. The van der Waals surface area contributed by atoms with Crippen LogP contribution in [0.15, 0.2) is 42.7 Å². The Bertz CT molecular complexity index is 626. The number of anilines is 1. The molecule has 1 aromatic heterocycles. The molecule has 1 heterocycles. The van der Waals surface area contributed by atoms with Gasteiger partial charge >= 0.3 is 0 Å². The molecule has 1 aromatic carbocycles. The molecule has 0 fully saturated rings. The van der Waals surface area contributed by atoms with Crippen LogP contribution in [0, 0.1) is 0 Å². The van der Waals surface area contributed by atoms with Gasteiger partial charge in [0.1, 0.15) is 6.04 Å². The number of hydrogen-bond acceptors (Lipinski definition) is 4. The van der Waals surface area contributed by atoms with Gasteiger partial charge in [0.2, 0.25) is 11.8 Å². The maximum atomic E-state index is 11.8. The first-order valence-electron chi connectivity index (χ1n) is 6.51. The van der Waals surface area contributed by atoms with Gasteiger partial charge in [0.25, 0.3) is 0 Å². The highest BCUT2D eigenvalue weighted by molar-refractivity contribution is 5.96. The molecule has 0 saturated heterocycles. The first kappa shape index (κ1) is 14.6. The SMILES string of the molecule is CC(=O)NC(C)C(=O)Nc1cnc(-c2ccccc2)nc1. The van der Waals surface area contributed by atoms with Crippen LogP contribution in [0.1, 0.15) is 13.8 Å². The van der Waals surface area contributed by atoms with E-state index < -0.39 is 6.04 Å². The molecule has 2 amide bonds. The Hall–Kier alpha value is -2.76. The monoisotopic (exact) mass is 284 g/mol. The summed E-state index contributed by atoms with van der Waals surface area (Å²) >= 11 is 0. The molecule has 6 heteroatoms. The minimum absolute atomic E-state index is 0.256. The van der Waals surface area contributed by atoms with Crippen molar-refractivity contribution in [3.8, 4) is 11.4 Å². The maximum absolute atomic E-state index is 11.8. The van der Waals surface area contributed by atoms with Gasteiger partial charge < -0.3 is 10.6 Å². The van der Waals surface area contributed by atoms with Gasteiger partial charge in [-0.2, -0.15) is 0 Å². The molecule has 2 aromatic rings. The average Bonchev–Trinajstić information content (AvgIpc) is 2.48. The second-order valence-electron chi connectivity index (χ2n) is 4.57. The summed E-state index contributed by atoms with van der Waals surface area (Å²) in [6, 6.07) is 8.93. The lowest BCUT2D eigenvalue weighted by Crippen LogP contribution is -2.40. The Kier molecular flexibility index (Phi) is 4.61. The molecule has 108 valence electrons. The molecule has 6 nitrogen and oxygen atoms in total. The second-order valence-corrected chi connectivity index (χ2v) is 4.57. The van der Waals surface area contributed by atoms with Crippen molar-refractivity contribution in [2.75, 3.05) is 5.32 Å². The van der Waals surface area contributed by atoms with Gasteiger partial charge in [-0.05, 0) is 6.92 Å². The van der Waals surface area contributed by atoms with E-state index >= 15 is 0 Å². The van der Waals surface area contributed by atoms with Crippen LogP contribution < -0.4 is 10.6 Å². The second kappa shape index (κ2) is 6.60. The van der Waals surface area contributed by atoms with Crippen LogP contribution in [0.4, 0.5) is 5.69 Å². The topological polar surface area (TPSA) is 84.0 Å². The summed E-state index contributed by atoms with van der Waals surface area (Å²) < 4.78 is 0. The Labute approximate surface area is 122 Å². The number of benzene rings is 1.